The molecule has 0 bridgehead atoms. The molecule has 1 amide bonds. The average molecular weight is 500 g/mol. The molecule has 0 spiro atoms. The number of thiazole rings is 1. The van der Waals surface area contributed by atoms with E-state index in [2.05, 4.69) is 4.98 Å². The van der Waals surface area contributed by atoms with Crippen LogP contribution in [-0.2, 0) is 32.3 Å². The molecule has 1 aliphatic rings. The summed E-state index contributed by atoms with van der Waals surface area (Å²) in [5, 5.41) is 0.761. The molecule has 4 rings (SSSR count). The normalized spacial score (nSPS) is 15.8. The van der Waals surface area contributed by atoms with Crippen molar-refractivity contribution in [3.63, 3.8) is 0 Å². The van der Waals surface area contributed by atoms with Crippen molar-refractivity contribution in [3.05, 3.63) is 59.1 Å². The first-order valence-electron chi connectivity index (χ1n) is 10.0. The van der Waals surface area contributed by atoms with Crippen molar-refractivity contribution in [2.24, 2.45) is 0 Å². The standard InChI is InChI=1S/C21H20F3N3O4S2/c22-21(23,24)15-5-7-16(8-6-15)33(29,30)27-11-9-26(10-12-27)20(28)14-31-13-19-25-17-3-1-2-4-18(17)32-19/h1-8H,9-14H2. The summed E-state index contributed by atoms with van der Waals surface area (Å²) < 4.78 is 71.3. The molecule has 1 fully saturated rings. The van der Waals surface area contributed by atoms with Gasteiger partial charge in [-0.25, -0.2) is 13.4 Å². The van der Waals surface area contributed by atoms with Crippen molar-refractivity contribution in [2.45, 2.75) is 17.7 Å². The van der Waals surface area contributed by atoms with E-state index in [1.165, 1.54) is 20.5 Å². The summed E-state index contributed by atoms with van der Waals surface area (Å²) in [7, 11) is -3.95. The first kappa shape index (κ1) is 23.6. The molecule has 3 aromatic rings. The largest absolute Gasteiger partial charge is 0.416 e. The summed E-state index contributed by atoms with van der Waals surface area (Å²) in [5.74, 6) is -0.261. The molecule has 0 N–H and O–H groups in total. The number of rotatable bonds is 6. The number of fused-ring (bicyclic) bond motifs is 1. The number of halogens is 3. The topological polar surface area (TPSA) is 79.8 Å². The van der Waals surface area contributed by atoms with Gasteiger partial charge in [0.15, 0.2) is 0 Å². The Morgan fingerprint density at radius 3 is 2.33 bits per heavy atom. The Kier molecular flexibility index (Phi) is 6.71. The van der Waals surface area contributed by atoms with E-state index in [0.717, 1.165) is 39.5 Å². The molecule has 1 saturated heterocycles. The summed E-state index contributed by atoms with van der Waals surface area (Å²) >= 11 is 1.49. The minimum atomic E-state index is -4.54. The van der Waals surface area contributed by atoms with Gasteiger partial charge in [0, 0.05) is 26.2 Å². The number of carbonyl (C=O) groups is 1. The second kappa shape index (κ2) is 9.37. The van der Waals surface area contributed by atoms with Crippen molar-refractivity contribution in [3.8, 4) is 0 Å². The third kappa shape index (κ3) is 5.35. The lowest BCUT2D eigenvalue weighted by Gasteiger charge is -2.34. The summed E-state index contributed by atoms with van der Waals surface area (Å²) in [6.45, 7) is 0.487. The number of amides is 1. The Morgan fingerprint density at radius 1 is 1.03 bits per heavy atom. The van der Waals surface area contributed by atoms with E-state index in [4.69, 9.17) is 4.74 Å². The fourth-order valence-electron chi connectivity index (χ4n) is 3.44. The van der Waals surface area contributed by atoms with Gasteiger partial charge < -0.3 is 9.64 Å². The van der Waals surface area contributed by atoms with Crippen LogP contribution in [0.25, 0.3) is 10.2 Å². The highest BCUT2D eigenvalue weighted by Gasteiger charge is 2.33. The number of hydrogen-bond acceptors (Lipinski definition) is 6. The van der Waals surface area contributed by atoms with E-state index in [-0.39, 0.29) is 50.2 Å². The summed E-state index contributed by atoms with van der Waals surface area (Å²) in [6, 6.07) is 11.1. The molecule has 2 aromatic carbocycles. The number of hydrogen-bond donors (Lipinski definition) is 0. The minimum absolute atomic E-state index is 0.0486. The van der Waals surface area contributed by atoms with Gasteiger partial charge in [-0.2, -0.15) is 17.5 Å². The van der Waals surface area contributed by atoms with Crippen LogP contribution in [0, 0.1) is 0 Å². The predicted molar refractivity (Wildman–Crippen MR) is 116 cm³/mol. The monoisotopic (exact) mass is 499 g/mol. The second-order valence-corrected chi connectivity index (χ2v) is 10.4. The van der Waals surface area contributed by atoms with Crippen molar-refractivity contribution in [1.29, 1.82) is 0 Å². The number of benzene rings is 2. The highest BCUT2D eigenvalue weighted by Crippen LogP contribution is 2.30. The number of piperazine rings is 1. The molecular formula is C21H20F3N3O4S2. The van der Waals surface area contributed by atoms with Crippen LogP contribution in [0.2, 0.25) is 0 Å². The van der Waals surface area contributed by atoms with Crippen LogP contribution >= 0.6 is 11.3 Å². The molecule has 0 aliphatic carbocycles. The molecule has 1 aromatic heterocycles. The minimum Gasteiger partial charge on any atom is -0.364 e. The highest BCUT2D eigenvalue weighted by atomic mass is 32.2. The summed E-state index contributed by atoms with van der Waals surface area (Å²) in [4.78, 5) is 18.2. The van der Waals surface area contributed by atoms with Crippen LogP contribution < -0.4 is 0 Å². The quantitative estimate of drug-likeness (QED) is 0.520. The molecule has 12 heteroatoms. The van der Waals surface area contributed by atoms with Crippen molar-refractivity contribution < 1.29 is 31.1 Å². The van der Waals surface area contributed by atoms with Gasteiger partial charge in [-0.3, -0.25) is 4.79 Å². The van der Waals surface area contributed by atoms with Crippen molar-refractivity contribution in [1.82, 2.24) is 14.2 Å². The second-order valence-electron chi connectivity index (χ2n) is 7.38. The van der Waals surface area contributed by atoms with Gasteiger partial charge in [-0.15, -0.1) is 11.3 Å². The molecule has 0 radical (unpaired) electrons. The molecule has 176 valence electrons. The number of alkyl halides is 3. The molecule has 0 unspecified atom stereocenters. The first-order chi connectivity index (χ1) is 15.6. The lowest BCUT2D eigenvalue weighted by Crippen LogP contribution is -2.51. The molecular weight excluding hydrogens is 479 g/mol. The lowest BCUT2D eigenvalue weighted by atomic mass is 10.2. The van der Waals surface area contributed by atoms with E-state index in [9.17, 15) is 26.4 Å². The van der Waals surface area contributed by atoms with Gasteiger partial charge in [-0.1, -0.05) is 12.1 Å². The number of aromatic nitrogens is 1. The van der Waals surface area contributed by atoms with E-state index >= 15 is 0 Å². The lowest BCUT2D eigenvalue weighted by molar-refractivity contribution is -0.138. The SMILES string of the molecule is O=C(COCc1nc2ccccc2s1)N1CCN(S(=O)(=O)c2ccc(C(F)(F)F)cc2)CC1. The van der Waals surface area contributed by atoms with Gasteiger partial charge in [-0.05, 0) is 36.4 Å². The molecule has 0 atom stereocenters. The van der Waals surface area contributed by atoms with E-state index < -0.39 is 21.8 Å². The van der Waals surface area contributed by atoms with E-state index in [1.54, 1.807) is 0 Å². The summed E-state index contributed by atoms with van der Waals surface area (Å²) in [5.41, 5.74) is -0.0412. The van der Waals surface area contributed by atoms with Gasteiger partial charge >= 0.3 is 6.18 Å². The van der Waals surface area contributed by atoms with E-state index in [0.29, 0.717) is 0 Å². The van der Waals surface area contributed by atoms with E-state index in [1.807, 2.05) is 24.3 Å². The Morgan fingerprint density at radius 2 is 1.70 bits per heavy atom. The number of para-hydroxylation sites is 1. The Bertz CT molecular complexity index is 1200. The van der Waals surface area contributed by atoms with Crippen LogP contribution in [0.5, 0.6) is 0 Å². The number of sulfonamides is 1. The molecule has 7 nitrogen and oxygen atoms in total. The van der Waals surface area contributed by atoms with Crippen LogP contribution in [0.15, 0.2) is 53.4 Å². The van der Waals surface area contributed by atoms with Crippen molar-refractivity contribution in [2.75, 3.05) is 32.8 Å². The van der Waals surface area contributed by atoms with Crippen molar-refractivity contribution >= 4 is 37.5 Å². The maximum atomic E-state index is 12.7. The fraction of sp³-hybridized carbons (Fsp3) is 0.333. The highest BCUT2D eigenvalue weighted by molar-refractivity contribution is 7.89. The van der Waals surface area contributed by atoms with Crippen LogP contribution in [-0.4, -0.2) is 61.3 Å². The van der Waals surface area contributed by atoms with Gasteiger partial charge in [0.2, 0.25) is 15.9 Å². The number of nitrogens with zero attached hydrogens (tertiary/aromatic N) is 3. The number of carbonyl (C=O) groups excluding carboxylic acids is 1. The van der Waals surface area contributed by atoms with Gasteiger partial charge in [0.1, 0.15) is 11.6 Å². The van der Waals surface area contributed by atoms with Crippen LogP contribution in [0.3, 0.4) is 0 Å². The van der Waals surface area contributed by atoms with Gasteiger partial charge in [0.05, 0.1) is 27.3 Å². The Hall–Kier alpha value is -2.54. The maximum Gasteiger partial charge on any atom is 0.416 e. The maximum absolute atomic E-state index is 12.7. The van der Waals surface area contributed by atoms with Gasteiger partial charge in [0.25, 0.3) is 0 Å². The third-order valence-electron chi connectivity index (χ3n) is 5.20. The summed E-state index contributed by atoms with van der Waals surface area (Å²) in [6.07, 6.45) is -4.54. The molecule has 33 heavy (non-hydrogen) atoms. The number of ether oxygens (including phenoxy) is 1. The zero-order valence-corrected chi connectivity index (χ0v) is 18.9. The van der Waals surface area contributed by atoms with Crippen LogP contribution in [0.4, 0.5) is 13.2 Å². The fourth-order valence-corrected chi connectivity index (χ4v) is 5.77. The predicted octanol–water partition coefficient (Wildman–Crippen LogP) is 3.36. The smallest absolute Gasteiger partial charge is 0.364 e. The molecule has 1 aliphatic heterocycles. The zero-order valence-electron chi connectivity index (χ0n) is 17.3. The first-order valence-corrected chi connectivity index (χ1v) is 12.3. The molecule has 2 heterocycles. The average Bonchev–Trinajstić information content (AvgIpc) is 3.21. The Balaban J connectivity index is 1.28. The van der Waals surface area contributed by atoms with Crippen LogP contribution in [0.1, 0.15) is 10.6 Å². The Labute approximate surface area is 192 Å². The molecule has 0 saturated carbocycles. The zero-order chi connectivity index (χ0) is 23.6. The third-order valence-corrected chi connectivity index (χ3v) is 8.12.